The van der Waals surface area contributed by atoms with Crippen LogP contribution < -0.4 is 0 Å². The highest BCUT2D eigenvalue weighted by Gasteiger charge is 2.28. The molecule has 1 aromatic heterocycles. The zero-order chi connectivity index (χ0) is 20.8. The van der Waals surface area contributed by atoms with Crippen molar-refractivity contribution in [3.8, 4) is 0 Å². The molecule has 162 valence electrons. The Balaban J connectivity index is 1.45. The molecule has 7 heteroatoms. The van der Waals surface area contributed by atoms with Crippen molar-refractivity contribution in [3.63, 3.8) is 0 Å². The van der Waals surface area contributed by atoms with E-state index in [-0.39, 0.29) is 11.8 Å². The van der Waals surface area contributed by atoms with Gasteiger partial charge in [0, 0.05) is 56.1 Å². The van der Waals surface area contributed by atoms with Crippen LogP contribution in [0.25, 0.3) is 0 Å². The number of hydrogen-bond acceptors (Lipinski definition) is 4. The smallest absolute Gasteiger partial charge is 0.226 e. The molecule has 1 aliphatic heterocycles. The average molecular weight is 431 g/mol. The highest BCUT2D eigenvalue weighted by atomic mass is 35.5. The Labute approximate surface area is 183 Å². The Hall–Kier alpha value is -1.89. The molecule has 1 aliphatic carbocycles. The Kier molecular flexibility index (Phi) is 7.42. The molecule has 0 spiro atoms. The van der Waals surface area contributed by atoms with Crippen LogP contribution in [0.1, 0.15) is 37.1 Å². The highest BCUT2D eigenvalue weighted by molar-refractivity contribution is 6.30. The third-order valence-electron chi connectivity index (χ3n) is 6.18. The zero-order valence-corrected chi connectivity index (χ0v) is 18.3. The van der Waals surface area contributed by atoms with Crippen molar-refractivity contribution in [1.29, 1.82) is 0 Å². The van der Waals surface area contributed by atoms with Crippen LogP contribution in [-0.2, 0) is 22.6 Å². The van der Waals surface area contributed by atoms with Crippen LogP contribution in [0, 0.1) is 5.92 Å². The van der Waals surface area contributed by atoms with Gasteiger partial charge in [0.05, 0.1) is 19.8 Å². The predicted octanol–water partition coefficient (Wildman–Crippen LogP) is 3.44. The summed E-state index contributed by atoms with van der Waals surface area (Å²) in [7, 11) is 0. The number of carbonyl (C=O) groups is 1. The number of morpholine rings is 1. The minimum atomic E-state index is 0.172. The summed E-state index contributed by atoms with van der Waals surface area (Å²) in [6, 6.07) is 7.89. The Morgan fingerprint density at radius 2 is 2.03 bits per heavy atom. The molecule has 4 rings (SSSR count). The first-order chi connectivity index (χ1) is 14.7. The van der Waals surface area contributed by atoms with Gasteiger partial charge in [0.15, 0.2) is 0 Å². The van der Waals surface area contributed by atoms with Gasteiger partial charge >= 0.3 is 0 Å². The monoisotopic (exact) mass is 430 g/mol. The fourth-order valence-corrected chi connectivity index (χ4v) is 4.64. The van der Waals surface area contributed by atoms with E-state index in [0.29, 0.717) is 13.1 Å². The van der Waals surface area contributed by atoms with Gasteiger partial charge in [0.1, 0.15) is 5.82 Å². The average Bonchev–Trinajstić information content (AvgIpc) is 3.44. The maximum Gasteiger partial charge on any atom is 0.226 e. The number of imidazole rings is 1. The molecular formula is C23H31ClN4O2. The summed E-state index contributed by atoms with van der Waals surface area (Å²) in [5.41, 5.74) is 1.13. The number of amides is 1. The van der Waals surface area contributed by atoms with Gasteiger partial charge in [-0.15, -0.1) is 0 Å². The summed E-state index contributed by atoms with van der Waals surface area (Å²) < 4.78 is 7.58. The fraction of sp³-hybridized carbons (Fsp3) is 0.565. The summed E-state index contributed by atoms with van der Waals surface area (Å²) >= 11 is 6.15. The van der Waals surface area contributed by atoms with Gasteiger partial charge in [-0.1, -0.05) is 36.6 Å². The SMILES string of the molecule is O=C(C1CCCC1)N(CCN1CCOCC1)Cc1nccn1Cc1cccc(Cl)c1. The predicted molar refractivity (Wildman–Crippen MR) is 117 cm³/mol. The van der Waals surface area contributed by atoms with Crippen LogP contribution >= 0.6 is 11.6 Å². The minimum absolute atomic E-state index is 0.172. The van der Waals surface area contributed by atoms with Crippen LogP contribution in [0.3, 0.4) is 0 Å². The zero-order valence-electron chi connectivity index (χ0n) is 17.5. The number of ether oxygens (including phenoxy) is 1. The van der Waals surface area contributed by atoms with Crippen LogP contribution in [-0.4, -0.2) is 64.7 Å². The normalized spacial score (nSPS) is 18.0. The summed E-state index contributed by atoms with van der Waals surface area (Å²) in [5, 5.41) is 0.734. The number of benzene rings is 1. The largest absolute Gasteiger partial charge is 0.379 e. The molecule has 0 atom stereocenters. The first-order valence-corrected chi connectivity index (χ1v) is 11.4. The Morgan fingerprint density at radius 3 is 2.80 bits per heavy atom. The van der Waals surface area contributed by atoms with Crippen LogP contribution in [0.15, 0.2) is 36.7 Å². The van der Waals surface area contributed by atoms with E-state index in [4.69, 9.17) is 16.3 Å². The Morgan fingerprint density at radius 1 is 1.23 bits per heavy atom. The van der Waals surface area contributed by atoms with Crippen LogP contribution in [0.5, 0.6) is 0 Å². The molecule has 0 unspecified atom stereocenters. The van der Waals surface area contributed by atoms with E-state index in [1.165, 1.54) is 0 Å². The second kappa shape index (κ2) is 10.4. The number of halogens is 1. The molecule has 2 heterocycles. The van der Waals surface area contributed by atoms with Crippen molar-refractivity contribution in [1.82, 2.24) is 19.4 Å². The van der Waals surface area contributed by atoms with Gasteiger partial charge < -0.3 is 14.2 Å². The molecule has 0 bridgehead atoms. The van der Waals surface area contributed by atoms with Crippen LogP contribution in [0.4, 0.5) is 0 Å². The molecular weight excluding hydrogens is 400 g/mol. The van der Waals surface area contributed by atoms with Crippen molar-refractivity contribution in [2.24, 2.45) is 5.92 Å². The molecule has 0 N–H and O–H groups in total. The van der Waals surface area contributed by atoms with Gasteiger partial charge in [-0.3, -0.25) is 9.69 Å². The molecule has 1 saturated carbocycles. The highest BCUT2D eigenvalue weighted by Crippen LogP contribution is 2.27. The third kappa shape index (κ3) is 5.62. The van der Waals surface area contributed by atoms with Gasteiger partial charge in [-0.2, -0.15) is 0 Å². The van der Waals surface area contributed by atoms with Gasteiger partial charge in [-0.05, 0) is 30.5 Å². The molecule has 30 heavy (non-hydrogen) atoms. The van der Waals surface area contributed by atoms with Gasteiger partial charge in [0.25, 0.3) is 0 Å². The van der Waals surface area contributed by atoms with Gasteiger partial charge in [-0.25, -0.2) is 4.98 Å². The van der Waals surface area contributed by atoms with Crippen LogP contribution in [0.2, 0.25) is 5.02 Å². The number of nitrogens with zero attached hydrogens (tertiary/aromatic N) is 4. The molecule has 0 radical (unpaired) electrons. The molecule has 2 aromatic rings. The van der Waals surface area contributed by atoms with Crippen molar-refractivity contribution in [3.05, 3.63) is 53.1 Å². The van der Waals surface area contributed by atoms with E-state index < -0.39 is 0 Å². The summed E-state index contributed by atoms with van der Waals surface area (Å²) in [6.45, 7) is 6.30. The quantitative estimate of drug-likeness (QED) is 0.643. The lowest BCUT2D eigenvalue weighted by molar-refractivity contribution is -0.136. The van der Waals surface area contributed by atoms with Crippen molar-refractivity contribution >= 4 is 17.5 Å². The number of rotatable bonds is 8. The molecule has 1 saturated heterocycles. The van der Waals surface area contributed by atoms with E-state index in [9.17, 15) is 4.79 Å². The van der Waals surface area contributed by atoms with E-state index in [2.05, 4.69) is 20.5 Å². The standard InChI is InChI=1S/C23H31ClN4O2/c24-21-7-3-4-19(16-21)17-27-9-8-25-22(27)18-28(23(29)20-5-1-2-6-20)11-10-26-12-14-30-15-13-26/h3-4,7-9,16,20H,1-2,5-6,10-15,17-18H2. The van der Waals surface area contributed by atoms with Gasteiger partial charge in [0.2, 0.25) is 5.91 Å². The molecule has 1 amide bonds. The molecule has 2 aliphatic rings. The second-order valence-corrected chi connectivity index (χ2v) is 8.73. The van der Waals surface area contributed by atoms with E-state index in [1.807, 2.05) is 35.5 Å². The van der Waals surface area contributed by atoms with E-state index in [1.54, 1.807) is 0 Å². The Bertz CT molecular complexity index is 828. The molecule has 1 aromatic carbocycles. The van der Waals surface area contributed by atoms with E-state index in [0.717, 1.165) is 81.5 Å². The number of carbonyl (C=O) groups excluding carboxylic acids is 1. The van der Waals surface area contributed by atoms with Crippen molar-refractivity contribution in [2.75, 3.05) is 39.4 Å². The van der Waals surface area contributed by atoms with Crippen molar-refractivity contribution < 1.29 is 9.53 Å². The topological polar surface area (TPSA) is 50.6 Å². The summed E-state index contributed by atoms with van der Waals surface area (Å²) in [4.78, 5) is 22.3. The second-order valence-electron chi connectivity index (χ2n) is 8.30. The molecule has 2 fully saturated rings. The first kappa shape index (κ1) is 21.3. The van der Waals surface area contributed by atoms with E-state index >= 15 is 0 Å². The third-order valence-corrected chi connectivity index (χ3v) is 6.42. The summed E-state index contributed by atoms with van der Waals surface area (Å²) in [6.07, 6.45) is 8.17. The minimum Gasteiger partial charge on any atom is -0.379 e. The fourth-order valence-electron chi connectivity index (χ4n) is 4.42. The maximum absolute atomic E-state index is 13.3. The lowest BCUT2D eigenvalue weighted by Crippen LogP contribution is -2.44. The molecule has 6 nitrogen and oxygen atoms in total. The van der Waals surface area contributed by atoms with Crippen molar-refractivity contribution in [2.45, 2.75) is 38.8 Å². The number of aromatic nitrogens is 2. The first-order valence-electron chi connectivity index (χ1n) is 11.0. The lowest BCUT2D eigenvalue weighted by atomic mass is 10.1. The lowest BCUT2D eigenvalue weighted by Gasteiger charge is -2.31. The summed E-state index contributed by atoms with van der Waals surface area (Å²) in [5.74, 6) is 1.38. The maximum atomic E-state index is 13.3. The number of hydrogen-bond donors (Lipinski definition) is 0.